The molecule has 0 bridgehead atoms. The van der Waals surface area contributed by atoms with Gasteiger partial charge in [0.25, 0.3) is 0 Å². The first-order valence-corrected chi connectivity index (χ1v) is 8.95. The van der Waals surface area contributed by atoms with Gasteiger partial charge in [-0.25, -0.2) is 0 Å². The second-order valence-electron chi connectivity index (χ2n) is 7.55. The van der Waals surface area contributed by atoms with E-state index in [0.717, 1.165) is 23.6 Å². The van der Waals surface area contributed by atoms with Crippen LogP contribution in [-0.4, -0.2) is 18.6 Å². The summed E-state index contributed by atoms with van der Waals surface area (Å²) in [6.45, 7) is 8.72. The number of hydrogen-bond donors (Lipinski definition) is 2. The van der Waals surface area contributed by atoms with Crippen molar-refractivity contribution in [2.75, 3.05) is 5.32 Å². The van der Waals surface area contributed by atoms with Gasteiger partial charge in [0.2, 0.25) is 0 Å². The van der Waals surface area contributed by atoms with Crippen molar-refractivity contribution in [1.82, 2.24) is 0 Å². The van der Waals surface area contributed by atoms with Gasteiger partial charge in [-0.1, -0.05) is 0 Å². The van der Waals surface area contributed by atoms with Gasteiger partial charge in [-0.3, -0.25) is 0 Å². The van der Waals surface area contributed by atoms with E-state index in [1.807, 2.05) is 44.2 Å². The molecule has 1 aliphatic rings. The van der Waals surface area contributed by atoms with Crippen molar-refractivity contribution in [3.05, 3.63) is 53.6 Å². The fraction of sp³-hybridized carbons (Fsp3) is 0.381. The van der Waals surface area contributed by atoms with Crippen LogP contribution >= 0.6 is 0 Å². The molecule has 1 aliphatic heterocycles. The molecule has 3 rings (SSSR count). The monoisotopic (exact) mass is 349 g/mol. The van der Waals surface area contributed by atoms with E-state index in [0.29, 0.717) is 12.2 Å². The van der Waals surface area contributed by atoms with Gasteiger partial charge in [-0.2, -0.15) is 0 Å². The minimum atomic E-state index is -0.547. The van der Waals surface area contributed by atoms with Gasteiger partial charge in [-0.15, -0.1) is 0 Å². The topological polar surface area (TPSA) is 56.5 Å². The second kappa shape index (κ2) is 6.90. The number of nitrogens with one attached hydrogen (secondary N) is 1. The molecule has 3 N–H and O–H groups in total. The fourth-order valence-electron chi connectivity index (χ4n) is 2.87. The summed E-state index contributed by atoms with van der Waals surface area (Å²) in [5.74, 6) is 1.56. The predicted octanol–water partition coefficient (Wildman–Crippen LogP) is 4.08. The van der Waals surface area contributed by atoms with Crippen LogP contribution in [0.4, 0.5) is 5.69 Å². The van der Waals surface area contributed by atoms with Crippen LogP contribution in [0.25, 0.3) is 0 Å². The van der Waals surface area contributed by atoms with Crippen LogP contribution < -0.4 is 15.8 Å². The Morgan fingerprint density at radius 3 is 2.54 bits per heavy atom. The average Bonchev–Trinajstić information content (AvgIpc) is 2.91. The number of benzene rings is 2. The number of rotatable bonds is 6. The van der Waals surface area contributed by atoms with Crippen LogP contribution in [0.1, 0.15) is 45.2 Å². The fourth-order valence-corrected chi connectivity index (χ4v) is 2.87. The van der Waals surface area contributed by atoms with Crippen LogP contribution in [0.2, 0.25) is 0 Å². The van der Waals surface area contributed by atoms with E-state index in [9.17, 15) is 0 Å². The van der Waals surface area contributed by atoms with Crippen LogP contribution in [0.15, 0.2) is 42.5 Å². The van der Waals surface area contributed by atoms with Crippen molar-refractivity contribution in [2.45, 2.75) is 51.9 Å². The van der Waals surface area contributed by atoms with E-state index < -0.39 is 5.54 Å². The van der Waals surface area contributed by atoms with Crippen molar-refractivity contribution >= 4 is 18.8 Å². The first kappa shape index (κ1) is 18.7. The summed E-state index contributed by atoms with van der Waals surface area (Å²) in [7, 11) is 6.07. The molecule has 2 aromatic rings. The van der Waals surface area contributed by atoms with Crippen molar-refractivity contribution < 1.29 is 9.47 Å². The summed E-state index contributed by atoms with van der Waals surface area (Å²) >= 11 is 0. The van der Waals surface area contributed by atoms with E-state index in [4.69, 9.17) is 22.7 Å². The van der Waals surface area contributed by atoms with Gasteiger partial charge in [0.1, 0.15) is 0 Å². The summed E-state index contributed by atoms with van der Waals surface area (Å²) in [5, 5.41) is 3.17. The van der Waals surface area contributed by atoms with Gasteiger partial charge >= 0.3 is 156 Å². The van der Waals surface area contributed by atoms with Crippen molar-refractivity contribution in [3.63, 3.8) is 0 Å². The first-order chi connectivity index (χ1) is 12.2. The number of fused-ring (bicyclic) bond motifs is 1. The molecule has 26 heavy (non-hydrogen) atoms. The Morgan fingerprint density at radius 2 is 1.88 bits per heavy atom. The number of anilines is 1. The zero-order valence-electron chi connectivity index (χ0n) is 15.9. The SMILES string of the molecule is [B]=C(Nc1ccc(Oc2ccc3c(c2)C(C)(C)OC3)cc1)[C@](C)(N)CC. The molecule has 0 amide bonds. The Bertz CT molecular complexity index is 813. The maximum atomic E-state index is 6.15. The minimum absolute atomic E-state index is 0.274. The summed E-state index contributed by atoms with van der Waals surface area (Å²) in [5.41, 5.74) is 9.15. The molecule has 5 heteroatoms. The van der Waals surface area contributed by atoms with Crippen LogP contribution in [0, 0.1) is 0 Å². The zero-order valence-corrected chi connectivity index (χ0v) is 15.9. The summed E-state index contributed by atoms with van der Waals surface area (Å²) in [6.07, 6.45) is 0.755. The second-order valence-corrected chi connectivity index (χ2v) is 7.55. The van der Waals surface area contributed by atoms with E-state index >= 15 is 0 Å². The van der Waals surface area contributed by atoms with Crippen LogP contribution in [0.5, 0.6) is 11.5 Å². The Balaban J connectivity index is 1.70. The number of ether oxygens (including phenoxy) is 2. The molecule has 0 unspecified atom stereocenters. The van der Waals surface area contributed by atoms with E-state index in [1.165, 1.54) is 11.1 Å². The molecule has 4 nitrogen and oxygen atoms in total. The van der Waals surface area contributed by atoms with E-state index in [-0.39, 0.29) is 5.60 Å². The Morgan fingerprint density at radius 1 is 1.23 bits per heavy atom. The quantitative estimate of drug-likeness (QED) is 0.772. The molecular formula is C21H26BN2O2. The van der Waals surface area contributed by atoms with Crippen molar-refractivity contribution in [1.29, 1.82) is 0 Å². The zero-order chi connectivity index (χ0) is 18.9. The van der Waals surface area contributed by atoms with Gasteiger partial charge in [0.15, 0.2) is 0 Å². The van der Waals surface area contributed by atoms with Gasteiger partial charge in [0.05, 0.1) is 0 Å². The van der Waals surface area contributed by atoms with E-state index in [2.05, 4.69) is 31.3 Å². The number of hydrogen-bond acceptors (Lipinski definition) is 4. The third-order valence-electron chi connectivity index (χ3n) is 5.04. The predicted molar refractivity (Wildman–Crippen MR) is 108 cm³/mol. The van der Waals surface area contributed by atoms with Crippen LogP contribution in [0.3, 0.4) is 0 Å². The molecule has 135 valence electrons. The first-order valence-electron chi connectivity index (χ1n) is 8.95. The van der Waals surface area contributed by atoms with Gasteiger partial charge in [0, 0.05) is 0 Å². The Labute approximate surface area is 156 Å². The number of nitrogens with two attached hydrogens (primary N) is 1. The molecular weight excluding hydrogens is 323 g/mol. The summed E-state index contributed by atoms with van der Waals surface area (Å²) < 4.78 is 11.8. The average molecular weight is 349 g/mol. The molecule has 0 aromatic heterocycles. The summed E-state index contributed by atoms with van der Waals surface area (Å²) in [6, 6.07) is 13.8. The molecule has 1 atom stereocenters. The Hall–Kier alpha value is -2.11. The van der Waals surface area contributed by atoms with Crippen LogP contribution in [-0.2, 0) is 16.9 Å². The third-order valence-corrected chi connectivity index (χ3v) is 5.04. The van der Waals surface area contributed by atoms with Gasteiger partial charge in [-0.05, 0) is 0 Å². The molecule has 0 saturated carbocycles. The van der Waals surface area contributed by atoms with E-state index in [1.54, 1.807) is 0 Å². The third kappa shape index (κ3) is 3.84. The normalized spacial score (nSPS) is 17.2. The Kier molecular flexibility index (Phi) is 4.95. The molecule has 0 aliphatic carbocycles. The molecule has 2 aromatic carbocycles. The van der Waals surface area contributed by atoms with Gasteiger partial charge < -0.3 is 0 Å². The van der Waals surface area contributed by atoms with Crippen molar-refractivity contribution in [2.24, 2.45) is 5.73 Å². The molecule has 0 fully saturated rings. The molecule has 0 spiro atoms. The molecule has 0 saturated heterocycles. The molecule has 1 heterocycles. The summed E-state index contributed by atoms with van der Waals surface area (Å²) in [4.78, 5) is 0. The van der Waals surface area contributed by atoms with Crippen molar-refractivity contribution in [3.8, 4) is 11.5 Å². The molecule has 1 radical (unpaired) electrons. The maximum absolute atomic E-state index is 6.15. The standard InChI is InChI=1S/C21H26BN2O2/c1-5-21(4,23)19(22)24-15-7-10-16(11-8-15)26-17-9-6-14-13-25-20(2,3)18(14)12-17/h6-12,24H,5,13,23H2,1-4H3/t21-/m1/s1.